The van der Waals surface area contributed by atoms with Crippen molar-refractivity contribution < 1.29 is 24.2 Å². The number of carbonyl (C=O) groups is 2. The summed E-state index contributed by atoms with van der Waals surface area (Å²) in [6, 6.07) is 6.61. The van der Waals surface area contributed by atoms with Crippen LogP contribution in [-0.4, -0.2) is 27.6 Å². The van der Waals surface area contributed by atoms with E-state index in [1.165, 1.54) is 6.20 Å². The number of thiazole rings is 1. The van der Waals surface area contributed by atoms with Crippen LogP contribution >= 0.6 is 22.9 Å². The third kappa shape index (κ3) is 4.67. The summed E-state index contributed by atoms with van der Waals surface area (Å²) in [4.78, 5) is 26.9. The molecule has 8 heteroatoms. The number of benzene rings is 1. The molecule has 2 rings (SSSR count). The van der Waals surface area contributed by atoms with Crippen LogP contribution < -0.4 is 4.74 Å². The van der Waals surface area contributed by atoms with E-state index in [-0.39, 0.29) is 11.5 Å². The quantitative estimate of drug-likeness (QED) is 0.799. The summed E-state index contributed by atoms with van der Waals surface area (Å²) in [5.74, 6) is -1.16. The zero-order chi connectivity index (χ0) is 17.0. The van der Waals surface area contributed by atoms with Gasteiger partial charge in [0.15, 0.2) is 5.60 Å². The maximum atomic E-state index is 12.1. The van der Waals surface area contributed by atoms with E-state index in [0.717, 1.165) is 11.3 Å². The molecule has 0 amide bonds. The molecular weight excluding hydrogens is 342 g/mol. The van der Waals surface area contributed by atoms with Crippen molar-refractivity contribution in [2.45, 2.75) is 26.1 Å². The molecule has 1 N–H and O–H groups in total. The molecule has 0 saturated carbocycles. The Morgan fingerprint density at radius 3 is 2.52 bits per heavy atom. The first-order valence-electron chi connectivity index (χ1n) is 6.58. The Kier molecular flexibility index (Phi) is 5.23. The number of nitrogens with zero attached hydrogens (tertiary/aromatic N) is 1. The first-order valence-corrected chi connectivity index (χ1v) is 7.77. The molecular formula is C15H14ClNO5S. The van der Waals surface area contributed by atoms with Gasteiger partial charge in [-0.25, -0.2) is 14.6 Å². The molecule has 6 nitrogen and oxygen atoms in total. The van der Waals surface area contributed by atoms with E-state index in [1.807, 2.05) is 0 Å². The second kappa shape index (κ2) is 6.97. The molecule has 0 aliphatic carbocycles. The van der Waals surface area contributed by atoms with Gasteiger partial charge in [-0.15, -0.1) is 11.3 Å². The Bertz CT molecular complexity index is 711. The molecule has 0 bridgehead atoms. The van der Waals surface area contributed by atoms with Crippen LogP contribution in [-0.2, 0) is 16.1 Å². The van der Waals surface area contributed by atoms with Crippen molar-refractivity contribution in [3.05, 3.63) is 45.4 Å². The van der Waals surface area contributed by atoms with Gasteiger partial charge in [0.1, 0.15) is 22.2 Å². The van der Waals surface area contributed by atoms with Crippen LogP contribution in [0.2, 0.25) is 5.02 Å². The predicted octanol–water partition coefficient (Wildman–Crippen LogP) is 3.40. The number of rotatable bonds is 6. The molecule has 0 fully saturated rings. The molecule has 0 saturated heterocycles. The smallest absolute Gasteiger partial charge is 0.350 e. The molecule has 122 valence electrons. The van der Waals surface area contributed by atoms with Crippen LogP contribution in [0.15, 0.2) is 30.5 Å². The summed E-state index contributed by atoms with van der Waals surface area (Å²) in [7, 11) is 0. The number of carboxylic acids is 1. The molecule has 0 radical (unpaired) electrons. The Hall–Kier alpha value is -2.12. The summed E-state index contributed by atoms with van der Waals surface area (Å²) < 4.78 is 10.8. The minimum atomic E-state index is -1.21. The number of carboxylic acid groups (broad SMARTS) is 1. The molecule has 0 aliphatic rings. The topological polar surface area (TPSA) is 85.7 Å². The zero-order valence-electron chi connectivity index (χ0n) is 12.4. The van der Waals surface area contributed by atoms with Crippen LogP contribution in [0.5, 0.6) is 5.75 Å². The van der Waals surface area contributed by atoms with Crippen LogP contribution in [0.3, 0.4) is 0 Å². The third-order valence-corrected chi connectivity index (χ3v) is 3.98. The van der Waals surface area contributed by atoms with Gasteiger partial charge in [-0.05, 0) is 38.1 Å². The van der Waals surface area contributed by atoms with Gasteiger partial charge >= 0.3 is 11.9 Å². The maximum Gasteiger partial charge on any atom is 0.350 e. The lowest BCUT2D eigenvalue weighted by atomic mass is 10.1. The Labute approximate surface area is 141 Å². The fourth-order valence-corrected chi connectivity index (χ4v) is 2.41. The zero-order valence-corrected chi connectivity index (χ0v) is 14.0. The van der Waals surface area contributed by atoms with Crippen molar-refractivity contribution in [3.63, 3.8) is 0 Å². The normalized spacial score (nSPS) is 11.1. The Morgan fingerprint density at radius 1 is 1.30 bits per heavy atom. The number of ether oxygens (including phenoxy) is 2. The number of hydrogen-bond donors (Lipinski definition) is 1. The van der Waals surface area contributed by atoms with Crippen molar-refractivity contribution in [2.24, 2.45) is 0 Å². The number of hydrogen-bond acceptors (Lipinski definition) is 6. The second-order valence-corrected chi connectivity index (χ2v) is 6.62. The number of aromatic nitrogens is 1. The van der Waals surface area contributed by atoms with Gasteiger partial charge in [0.2, 0.25) is 0 Å². The van der Waals surface area contributed by atoms with E-state index in [4.69, 9.17) is 26.2 Å². The van der Waals surface area contributed by atoms with Crippen LogP contribution in [0, 0.1) is 0 Å². The molecule has 23 heavy (non-hydrogen) atoms. The van der Waals surface area contributed by atoms with Gasteiger partial charge in [0.25, 0.3) is 0 Å². The van der Waals surface area contributed by atoms with Gasteiger partial charge in [0.05, 0.1) is 6.20 Å². The van der Waals surface area contributed by atoms with Crippen LogP contribution in [0.25, 0.3) is 0 Å². The lowest BCUT2D eigenvalue weighted by Crippen LogP contribution is -2.39. The fraction of sp³-hybridized carbons (Fsp3) is 0.267. The van der Waals surface area contributed by atoms with Gasteiger partial charge in [-0.1, -0.05) is 11.6 Å². The summed E-state index contributed by atoms with van der Waals surface area (Å²) in [5, 5.41) is 9.79. The van der Waals surface area contributed by atoms with E-state index < -0.39 is 17.5 Å². The first kappa shape index (κ1) is 17.2. The molecule has 0 spiro atoms. The number of halogens is 1. The lowest BCUT2D eigenvalue weighted by molar-refractivity contribution is -0.160. The van der Waals surface area contributed by atoms with Crippen LogP contribution in [0.1, 0.15) is 28.5 Å². The Balaban J connectivity index is 1.94. The molecule has 0 atom stereocenters. The van der Waals surface area contributed by atoms with Gasteiger partial charge in [-0.3, -0.25) is 0 Å². The molecule has 1 aromatic carbocycles. The van der Waals surface area contributed by atoms with Crippen molar-refractivity contribution >= 4 is 34.9 Å². The Morgan fingerprint density at radius 2 is 1.96 bits per heavy atom. The monoisotopic (exact) mass is 355 g/mol. The van der Waals surface area contributed by atoms with E-state index in [9.17, 15) is 9.59 Å². The minimum absolute atomic E-state index is 0.0905. The van der Waals surface area contributed by atoms with Gasteiger partial charge in [-0.2, -0.15) is 0 Å². The first-order chi connectivity index (χ1) is 10.8. The SMILES string of the molecule is CC(C)(Oc1ccc(Cl)cc1)C(=O)OCc1ncc(C(=O)O)s1. The highest BCUT2D eigenvalue weighted by atomic mass is 35.5. The van der Waals surface area contributed by atoms with E-state index >= 15 is 0 Å². The number of carbonyl (C=O) groups excluding carboxylic acids is 1. The average molecular weight is 356 g/mol. The number of aromatic carboxylic acids is 1. The van der Waals surface area contributed by atoms with E-state index in [1.54, 1.807) is 38.1 Å². The lowest BCUT2D eigenvalue weighted by Gasteiger charge is -2.24. The van der Waals surface area contributed by atoms with Gasteiger partial charge in [0, 0.05) is 5.02 Å². The van der Waals surface area contributed by atoms with Gasteiger partial charge < -0.3 is 14.6 Å². The van der Waals surface area contributed by atoms with E-state index in [2.05, 4.69) is 4.98 Å². The highest BCUT2D eigenvalue weighted by Crippen LogP contribution is 2.22. The maximum absolute atomic E-state index is 12.1. The average Bonchev–Trinajstić information content (AvgIpc) is 2.96. The predicted molar refractivity (Wildman–Crippen MR) is 85.0 cm³/mol. The molecule has 0 aliphatic heterocycles. The highest BCUT2D eigenvalue weighted by Gasteiger charge is 2.32. The summed E-state index contributed by atoms with van der Waals surface area (Å²) in [6.07, 6.45) is 1.23. The fourth-order valence-electron chi connectivity index (χ4n) is 1.62. The largest absolute Gasteiger partial charge is 0.477 e. The van der Waals surface area contributed by atoms with Crippen molar-refractivity contribution in [3.8, 4) is 5.75 Å². The number of esters is 1. The van der Waals surface area contributed by atoms with Crippen LogP contribution in [0.4, 0.5) is 0 Å². The minimum Gasteiger partial charge on any atom is -0.477 e. The van der Waals surface area contributed by atoms with Crippen molar-refractivity contribution in [1.82, 2.24) is 4.98 Å². The molecule has 1 aromatic heterocycles. The van der Waals surface area contributed by atoms with Crippen molar-refractivity contribution in [1.29, 1.82) is 0 Å². The standard InChI is InChI=1S/C15H14ClNO5S/c1-15(2,22-10-5-3-9(16)4-6-10)14(20)21-8-12-17-7-11(23-12)13(18)19/h3-7H,8H2,1-2H3,(H,18,19). The van der Waals surface area contributed by atoms with Crippen molar-refractivity contribution in [2.75, 3.05) is 0 Å². The van der Waals surface area contributed by atoms with E-state index in [0.29, 0.717) is 15.8 Å². The third-order valence-electron chi connectivity index (χ3n) is 2.77. The highest BCUT2D eigenvalue weighted by molar-refractivity contribution is 7.13. The summed E-state index contributed by atoms with van der Waals surface area (Å²) >= 11 is 6.75. The molecule has 0 unspecified atom stereocenters. The second-order valence-electron chi connectivity index (χ2n) is 5.07. The molecule has 1 heterocycles. The summed E-state index contributed by atoms with van der Waals surface area (Å²) in [5.41, 5.74) is -1.21. The molecule has 2 aromatic rings. The summed E-state index contributed by atoms with van der Waals surface area (Å²) in [6.45, 7) is 3.05.